The van der Waals surface area contributed by atoms with E-state index in [1.54, 1.807) is 24.3 Å². The summed E-state index contributed by atoms with van der Waals surface area (Å²) in [6.07, 6.45) is 0.683. The maximum atomic E-state index is 14.6. The average molecular weight is 315 g/mol. The van der Waals surface area contributed by atoms with Crippen molar-refractivity contribution in [2.75, 3.05) is 0 Å². The standard InChI is InChI=1S/C18H12ClFO2/c19-16-9-15-13(10-21)7-4-8-14(15)17(20)18(16)22-11-12-5-2-1-3-6-12/h1-10H,11H2. The van der Waals surface area contributed by atoms with E-state index in [2.05, 4.69) is 0 Å². The van der Waals surface area contributed by atoms with Gasteiger partial charge in [0.2, 0.25) is 0 Å². The molecule has 0 bridgehead atoms. The summed E-state index contributed by atoms with van der Waals surface area (Å²) in [6, 6.07) is 15.8. The van der Waals surface area contributed by atoms with Gasteiger partial charge in [-0.2, -0.15) is 0 Å². The molecule has 0 aliphatic heterocycles. The lowest BCUT2D eigenvalue weighted by Crippen LogP contribution is -1.99. The Morgan fingerprint density at radius 3 is 2.55 bits per heavy atom. The Bertz CT molecular complexity index is 831. The van der Waals surface area contributed by atoms with Gasteiger partial charge in [-0.15, -0.1) is 0 Å². The van der Waals surface area contributed by atoms with Crippen LogP contribution in [0.25, 0.3) is 10.8 Å². The Kier molecular flexibility index (Phi) is 4.07. The number of aldehydes is 1. The van der Waals surface area contributed by atoms with Crippen LogP contribution < -0.4 is 4.74 Å². The molecule has 2 nitrogen and oxygen atoms in total. The highest BCUT2D eigenvalue weighted by molar-refractivity contribution is 6.33. The lowest BCUT2D eigenvalue weighted by Gasteiger charge is -2.12. The number of carbonyl (C=O) groups is 1. The number of ether oxygens (including phenoxy) is 1. The van der Waals surface area contributed by atoms with Crippen molar-refractivity contribution in [1.29, 1.82) is 0 Å². The second-order valence-corrected chi connectivity index (χ2v) is 5.24. The van der Waals surface area contributed by atoms with Gasteiger partial charge in [0.05, 0.1) is 5.02 Å². The van der Waals surface area contributed by atoms with Crippen LogP contribution in [-0.2, 0) is 6.61 Å². The van der Waals surface area contributed by atoms with Crippen molar-refractivity contribution in [1.82, 2.24) is 0 Å². The molecule has 0 radical (unpaired) electrons. The van der Waals surface area contributed by atoms with Crippen LogP contribution >= 0.6 is 11.6 Å². The van der Waals surface area contributed by atoms with Gasteiger partial charge < -0.3 is 4.74 Å². The van der Waals surface area contributed by atoms with Crippen LogP contribution in [0.1, 0.15) is 15.9 Å². The minimum atomic E-state index is -0.554. The van der Waals surface area contributed by atoms with E-state index in [0.717, 1.165) is 5.56 Å². The summed E-state index contributed by atoms with van der Waals surface area (Å²) in [4.78, 5) is 11.0. The molecular formula is C18H12ClFO2. The molecule has 0 aromatic heterocycles. The summed E-state index contributed by atoms with van der Waals surface area (Å²) < 4.78 is 20.2. The highest BCUT2D eigenvalue weighted by Gasteiger charge is 2.15. The van der Waals surface area contributed by atoms with E-state index in [1.165, 1.54) is 0 Å². The molecule has 3 rings (SSSR count). The summed E-state index contributed by atoms with van der Waals surface area (Å²) in [7, 11) is 0. The SMILES string of the molecule is O=Cc1cccc2c(F)c(OCc3ccccc3)c(Cl)cc12. The molecule has 0 unspecified atom stereocenters. The Morgan fingerprint density at radius 1 is 1.05 bits per heavy atom. The van der Waals surface area contributed by atoms with Crippen LogP contribution in [0, 0.1) is 5.82 Å². The fraction of sp³-hybridized carbons (Fsp3) is 0.0556. The molecule has 0 fully saturated rings. The first kappa shape index (κ1) is 14.5. The molecule has 0 saturated heterocycles. The van der Waals surface area contributed by atoms with Crippen molar-refractivity contribution < 1.29 is 13.9 Å². The zero-order chi connectivity index (χ0) is 15.5. The van der Waals surface area contributed by atoms with Gasteiger partial charge in [0.15, 0.2) is 17.9 Å². The number of rotatable bonds is 4. The largest absolute Gasteiger partial charge is 0.484 e. The third-order valence-electron chi connectivity index (χ3n) is 3.42. The van der Waals surface area contributed by atoms with Crippen LogP contribution in [0.4, 0.5) is 4.39 Å². The fourth-order valence-corrected chi connectivity index (χ4v) is 2.57. The van der Waals surface area contributed by atoms with Gasteiger partial charge in [-0.3, -0.25) is 4.79 Å². The van der Waals surface area contributed by atoms with Crippen LogP contribution in [0.3, 0.4) is 0 Å². The third kappa shape index (κ3) is 2.68. The zero-order valence-corrected chi connectivity index (χ0v) is 12.3. The molecule has 4 heteroatoms. The van der Waals surface area contributed by atoms with Crippen LogP contribution in [-0.4, -0.2) is 6.29 Å². The Hall–Kier alpha value is -2.39. The summed E-state index contributed by atoms with van der Waals surface area (Å²) in [5.74, 6) is -0.553. The molecule has 0 heterocycles. The van der Waals surface area contributed by atoms with E-state index in [-0.39, 0.29) is 17.4 Å². The van der Waals surface area contributed by atoms with Crippen molar-refractivity contribution in [3.63, 3.8) is 0 Å². The highest BCUT2D eigenvalue weighted by Crippen LogP contribution is 2.35. The minimum Gasteiger partial charge on any atom is -0.484 e. The molecule has 0 saturated carbocycles. The second kappa shape index (κ2) is 6.16. The van der Waals surface area contributed by atoms with Gasteiger partial charge >= 0.3 is 0 Å². The van der Waals surface area contributed by atoms with Gasteiger partial charge in [0.25, 0.3) is 0 Å². The predicted molar refractivity (Wildman–Crippen MR) is 85.1 cm³/mol. The van der Waals surface area contributed by atoms with Gasteiger partial charge in [0, 0.05) is 10.9 Å². The smallest absolute Gasteiger partial charge is 0.174 e. The van der Waals surface area contributed by atoms with Gasteiger partial charge in [-0.25, -0.2) is 4.39 Å². The number of hydrogen-bond donors (Lipinski definition) is 0. The van der Waals surface area contributed by atoms with Crippen LogP contribution in [0.15, 0.2) is 54.6 Å². The first-order valence-corrected chi connectivity index (χ1v) is 7.11. The van der Waals surface area contributed by atoms with E-state index < -0.39 is 5.82 Å². The van der Waals surface area contributed by atoms with E-state index in [9.17, 15) is 9.18 Å². The Morgan fingerprint density at radius 2 is 1.82 bits per heavy atom. The third-order valence-corrected chi connectivity index (χ3v) is 3.70. The molecule has 0 aliphatic rings. The van der Waals surface area contributed by atoms with E-state index in [4.69, 9.17) is 16.3 Å². The highest BCUT2D eigenvalue weighted by atomic mass is 35.5. The van der Waals surface area contributed by atoms with Gasteiger partial charge in [-0.1, -0.05) is 60.1 Å². The Labute approximate surface area is 132 Å². The topological polar surface area (TPSA) is 26.3 Å². The first-order chi connectivity index (χ1) is 10.7. The number of halogens is 2. The van der Waals surface area contributed by atoms with Crippen molar-refractivity contribution in [2.24, 2.45) is 0 Å². The number of benzene rings is 3. The maximum absolute atomic E-state index is 14.6. The lowest BCUT2D eigenvalue weighted by atomic mass is 10.0. The molecule has 110 valence electrons. The average Bonchev–Trinajstić information content (AvgIpc) is 2.55. The number of hydrogen-bond acceptors (Lipinski definition) is 2. The van der Waals surface area contributed by atoms with Crippen molar-refractivity contribution in [3.8, 4) is 5.75 Å². The quantitative estimate of drug-likeness (QED) is 0.632. The van der Waals surface area contributed by atoms with Crippen molar-refractivity contribution in [3.05, 3.63) is 76.6 Å². The van der Waals surface area contributed by atoms with Crippen LogP contribution in [0.2, 0.25) is 5.02 Å². The van der Waals surface area contributed by atoms with Gasteiger partial charge in [-0.05, 0) is 17.0 Å². The summed E-state index contributed by atoms with van der Waals surface area (Å²) >= 11 is 6.12. The number of carbonyl (C=O) groups excluding carboxylic acids is 1. The fourth-order valence-electron chi connectivity index (χ4n) is 2.32. The molecule has 22 heavy (non-hydrogen) atoms. The van der Waals surface area contributed by atoms with Crippen LogP contribution in [0.5, 0.6) is 5.75 Å². The predicted octanol–water partition coefficient (Wildman–Crippen LogP) is 5.02. The second-order valence-electron chi connectivity index (χ2n) is 4.84. The molecule has 3 aromatic carbocycles. The molecule has 0 amide bonds. The molecule has 0 atom stereocenters. The summed E-state index contributed by atoms with van der Waals surface area (Å²) in [5, 5.41) is 0.944. The number of fused-ring (bicyclic) bond motifs is 1. The molecule has 0 aliphatic carbocycles. The molecular weight excluding hydrogens is 303 g/mol. The van der Waals surface area contributed by atoms with Crippen molar-refractivity contribution in [2.45, 2.75) is 6.61 Å². The molecule has 0 N–H and O–H groups in total. The van der Waals surface area contributed by atoms with Gasteiger partial charge in [0.1, 0.15) is 6.61 Å². The van der Waals surface area contributed by atoms with E-state index >= 15 is 0 Å². The van der Waals surface area contributed by atoms with E-state index in [1.807, 2.05) is 30.3 Å². The molecule has 3 aromatic rings. The maximum Gasteiger partial charge on any atom is 0.174 e. The minimum absolute atomic E-state index is 0.000990. The zero-order valence-electron chi connectivity index (χ0n) is 11.6. The lowest BCUT2D eigenvalue weighted by molar-refractivity contribution is 0.112. The first-order valence-electron chi connectivity index (χ1n) is 6.73. The van der Waals surface area contributed by atoms with Crippen molar-refractivity contribution >= 4 is 28.7 Å². The van der Waals surface area contributed by atoms with E-state index in [0.29, 0.717) is 22.6 Å². The molecule has 0 spiro atoms. The summed E-state index contributed by atoms with van der Waals surface area (Å²) in [6.45, 7) is 0.219. The Balaban J connectivity index is 2.01. The monoisotopic (exact) mass is 314 g/mol. The summed E-state index contributed by atoms with van der Waals surface area (Å²) in [5.41, 5.74) is 1.31. The normalized spacial score (nSPS) is 10.6.